The van der Waals surface area contributed by atoms with Gasteiger partial charge in [0.2, 0.25) is 0 Å². The van der Waals surface area contributed by atoms with Crippen LogP contribution in [0.15, 0.2) is 48.5 Å². The number of rotatable bonds is 4. The van der Waals surface area contributed by atoms with E-state index in [0.717, 1.165) is 5.56 Å². The number of sulfone groups is 1. The minimum Gasteiger partial charge on any atom is -0.484 e. The van der Waals surface area contributed by atoms with Crippen LogP contribution in [0.1, 0.15) is 22.8 Å². The van der Waals surface area contributed by atoms with Crippen LogP contribution >= 0.6 is 11.6 Å². The number of benzene rings is 2. The second kappa shape index (κ2) is 8.31. The molecule has 1 atom stereocenters. The first-order chi connectivity index (χ1) is 12.9. The molecule has 1 amide bonds. The van der Waals surface area contributed by atoms with E-state index in [1.54, 1.807) is 29.2 Å². The number of hydrogen-bond acceptors (Lipinski definition) is 4. The molecular formula is C20H22ClNO4S. The lowest BCUT2D eigenvalue weighted by molar-refractivity contribution is -0.133. The van der Waals surface area contributed by atoms with E-state index >= 15 is 0 Å². The van der Waals surface area contributed by atoms with Gasteiger partial charge in [0.1, 0.15) is 5.75 Å². The lowest BCUT2D eigenvalue weighted by Gasteiger charge is -2.20. The van der Waals surface area contributed by atoms with Crippen LogP contribution in [0.25, 0.3) is 0 Å². The summed E-state index contributed by atoms with van der Waals surface area (Å²) in [4.78, 5) is 14.1. The van der Waals surface area contributed by atoms with E-state index in [9.17, 15) is 13.2 Å². The van der Waals surface area contributed by atoms with Crippen molar-refractivity contribution in [2.24, 2.45) is 0 Å². The molecule has 3 rings (SSSR count). The van der Waals surface area contributed by atoms with Crippen LogP contribution in [0.2, 0.25) is 5.02 Å². The monoisotopic (exact) mass is 407 g/mol. The van der Waals surface area contributed by atoms with Crippen molar-refractivity contribution in [3.63, 3.8) is 0 Å². The van der Waals surface area contributed by atoms with Gasteiger partial charge in [0.05, 0.1) is 11.0 Å². The minimum atomic E-state index is -3.39. The summed E-state index contributed by atoms with van der Waals surface area (Å²) in [5.74, 6) is 0.315. The van der Waals surface area contributed by atoms with Crippen LogP contribution in [0, 0.1) is 6.92 Å². The van der Waals surface area contributed by atoms with Crippen molar-refractivity contribution in [1.82, 2.24) is 4.90 Å². The van der Waals surface area contributed by atoms with Gasteiger partial charge >= 0.3 is 0 Å². The minimum absolute atomic E-state index is 0.0842. The average molecular weight is 408 g/mol. The molecule has 0 saturated carbocycles. The SMILES string of the molecule is Cc1ccc(OCC(=O)N2CCC(c3ccccc3Cl)S(=O)(=O)CC2)cc1. The van der Waals surface area contributed by atoms with Gasteiger partial charge in [-0.15, -0.1) is 0 Å². The number of carbonyl (C=O) groups excluding carboxylic acids is 1. The molecule has 1 fully saturated rings. The Morgan fingerprint density at radius 2 is 1.85 bits per heavy atom. The Hall–Kier alpha value is -2.05. The Balaban J connectivity index is 1.67. The zero-order valence-electron chi connectivity index (χ0n) is 15.1. The van der Waals surface area contributed by atoms with Gasteiger partial charge in [-0.3, -0.25) is 4.79 Å². The molecule has 1 aliphatic rings. The lowest BCUT2D eigenvalue weighted by atomic mass is 10.1. The fraction of sp³-hybridized carbons (Fsp3) is 0.350. The quantitative estimate of drug-likeness (QED) is 0.779. The van der Waals surface area contributed by atoms with Gasteiger partial charge in [-0.1, -0.05) is 47.5 Å². The predicted octanol–water partition coefficient (Wildman–Crippen LogP) is 3.42. The van der Waals surface area contributed by atoms with Crippen LogP contribution in [0.3, 0.4) is 0 Å². The number of ether oxygens (including phenoxy) is 1. The molecule has 1 saturated heterocycles. The molecule has 0 bridgehead atoms. The maximum atomic E-state index is 12.7. The molecule has 1 heterocycles. The number of hydrogen-bond donors (Lipinski definition) is 0. The third kappa shape index (κ3) is 4.82. The topological polar surface area (TPSA) is 63.7 Å². The first kappa shape index (κ1) is 19.7. The third-order valence-corrected chi connectivity index (χ3v) is 7.18. The fourth-order valence-corrected chi connectivity index (χ4v) is 5.30. The van der Waals surface area contributed by atoms with E-state index in [1.165, 1.54) is 0 Å². The molecule has 0 radical (unpaired) electrons. The van der Waals surface area contributed by atoms with Crippen molar-refractivity contribution < 1.29 is 17.9 Å². The number of nitrogens with zero attached hydrogens (tertiary/aromatic N) is 1. The largest absolute Gasteiger partial charge is 0.484 e. The Labute approximate surface area is 164 Å². The molecule has 2 aromatic carbocycles. The van der Waals surface area contributed by atoms with E-state index in [4.69, 9.17) is 16.3 Å². The Kier molecular flexibility index (Phi) is 6.07. The van der Waals surface area contributed by atoms with Crippen molar-refractivity contribution in [2.45, 2.75) is 18.6 Å². The summed E-state index contributed by atoms with van der Waals surface area (Å²) in [5, 5.41) is -0.254. The van der Waals surface area contributed by atoms with Crippen LogP contribution in [-0.4, -0.2) is 44.7 Å². The van der Waals surface area contributed by atoms with Gasteiger partial charge in [-0.05, 0) is 37.1 Å². The van der Waals surface area contributed by atoms with Gasteiger partial charge in [0.25, 0.3) is 5.91 Å². The third-order valence-electron chi connectivity index (χ3n) is 4.73. The van der Waals surface area contributed by atoms with Crippen molar-refractivity contribution in [3.05, 3.63) is 64.7 Å². The number of aryl methyl sites for hydroxylation is 1. The summed E-state index contributed by atoms with van der Waals surface area (Å²) >= 11 is 6.20. The van der Waals surface area contributed by atoms with Crippen molar-refractivity contribution in [2.75, 3.05) is 25.4 Å². The van der Waals surface area contributed by atoms with E-state index in [0.29, 0.717) is 29.3 Å². The average Bonchev–Trinajstić information content (AvgIpc) is 2.80. The van der Waals surface area contributed by atoms with Gasteiger partial charge in [0, 0.05) is 18.1 Å². The summed E-state index contributed by atoms with van der Waals surface area (Å²) in [5.41, 5.74) is 1.71. The number of amides is 1. The van der Waals surface area contributed by atoms with Crippen LogP contribution < -0.4 is 4.74 Å². The highest BCUT2D eigenvalue weighted by molar-refractivity contribution is 7.91. The predicted molar refractivity (Wildman–Crippen MR) is 106 cm³/mol. The van der Waals surface area contributed by atoms with E-state index in [2.05, 4.69) is 0 Å². The van der Waals surface area contributed by atoms with E-state index < -0.39 is 15.1 Å². The molecule has 1 unspecified atom stereocenters. The summed E-state index contributed by atoms with van der Waals surface area (Å²) < 4.78 is 30.9. The Morgan fingerprint density at radius 1 is 1.15 bits per heavy atom. The summed E-state index contributed by atoms with van der Waals surface area (Å²) in [6.45, 7) is 2.38. The molecule has 1 aliphatic heterocycles. The van der Waals surface area contributed by atoms with Gasteiger partial charge in [-0.2, -0.15) is 0 Å². The van der Waals surface area contributed by atoms with E-state index in [-0.39, 0.29) is 24.8 Å². The van der Waals surface area contributed by atoms with Crippen molar-refractivity contribution in [1.29, 1.82) is 0 Å². The highest BCUT2D eigenvalue weighted by Crippen LogP contribution is 2.33. The zero-order chi connectivity index (χ0) is 19.4. The molecule has 27 heavy (non-hydrogen) atoms. The smallest absolute Gasteiger partial charge is 0.260 e. The standard InChI is InChI=1S/C20H22ClNO4S/c1-15-6-8-16(9-7-15)26-14-20(23)22-11-10-19(27(24,25)13-12-22)17-4-2-3-5-18(17)21/h2-9,19H,10-14H2,1H3. The second-order valence-corrected chi connectivity index (χ2v) is 9.36. The van der Waals surface area contributed by atoms with Crippen LogP contribution in [0.4, 0.5) is 0 Å². The summed E-state index contributed by atoms with van der Waals surface area (Å²) in [7, 11) is -3.39. The second-order valence-electron chi connectivity index (χ2n) is 6.65. The summed E-state index contributed by atoms with van der Waals surface area (Å²) in [6.07, 6.45) is 0.322. The Morgan fingerprint density at radius 3 is 2.56 bits per heavy atom. The van der Waals surface area contributed by atoms with E-state index in [1.807, 2.05) is 31.2 Å². The molecule has 144 valence electrons. The maximum absolute atomic E-state index is 12.7. The molecular weight excluding hydrogens is 386 g/mol. The molecule has 2 aromatic rings. The molecule has 0 aromatic heterocycles. The molecule has 7 heteroatoms. The number of halogens is 1. The molecule has 0 N–H and O–H groups in total. The molecule has 0 spiro atoms. The van der Waals surface area contributed by atoms with Crippen molar-refractivity contribution >= 4 is 27.3 Å². The zero-order valence-corrected chi connectivity index (χ0v) is 16.7. The Bertz CT molecular complexity index is 912. The first-order valence-corrected chi connectivity index (χ1v) is 10.9. The van der Waals surface area contributed by atoms with Gasteiger partial charge in [-0.25, -0.2) is 8.42 Å². The van der Waals surface area contributed by atoms with Gasteiger partial charge < -0.3 is 9.64 Å². The maximum Gasteiger partial charge on any atom is 0.260 e. The van der Waals surface area contributed by atoms with Crippen molar-refractivity contribution in [3.8, 4) is 5.75 Å². The molecule has 0 aliphatic carbocycles. The first-order valence-electron chi connectivity index (χ1n) is 8.80. The normalized spacial score (nSPS) is 19.3. The fourth-order valence-electron chi connectivity index (χ4n) is 3.15. The summed E-state index contributed by atoms with van der Waals surface area (Å²) in [6, 6.07) is 14.4. The lowest BCUT2D eigenvalue weighted by Crippen LogP contribution is -2.37. The highest BCUT2D eigenvalue weighted by Gasteiger charge is 2.33. The molecule has 5 nitrogen and oxygen atoms in total. The van der Waals surface area contributed by atoms with Crippen LogP contribution in [0.5, 0.6) is 5.75 Å². The highest BCUT2D eigenvalue weighted by atomic mass is 35.5. The number of carbonyl (C=O) groups is 1. The van der Waals surface area contributed by atoms with Gasteiger partial charge in [0.15, 0.2) is 16.4 Å². The van der Waals surface area contributed by atoms with Crippen LogP contribution in [-0.2, 0) is 14.6 Å².